The molecular weight excluding hydrogens is 350 g/mol. The Morgan fingerprint density at radius 3 is 2.67 bits per heavy atom. The van der Waals surface area contributed by atoms with Gasteiger partial charge in [-0.2, -0.15) is 0 Å². The van der Waals surface area contributed by atoms with Gasteiger partial charge in [0.05, 0.1) is 31.2 Å². The zero-order chi connectivity index (χ0) is 19.1. The van der Waals surface area contributed by atoms with Gasteiger partial charge in [-0.15, -0.1) is 0 Å². The normalized spacial score (nSPS) is 30.6. The summed E-state index contributed by atoms with van der Waals surface area (Å²) in [4.78, 5) is 26.6. The molecule has 3 aliphatic rings. The summed E-state index contributed by atoms with van der Waals surface area (Å²) in [5.41, 5.74) is 0.374. The lowest BCUT2D eigenvalue weighted by Gasteiger charge is -2.46. The lowest BCUT2D eigenvalue weighted by Crippen LogP contribution is -2.63. The van der Waals surface area contributed by atoms with E-state index in [2.05, 4.69) is 15.5 Å². The topological polar surface area (TPSA) is 100 Å². The molecule has 3 N–H and O–H groups in total. The number of amides is 2. The second-order valence-corrected chi connectivity index (χ2v) is 7.07. The van der Waals surface area contributed by atoms with E-state index >= 15 is 0 Å². The molecule has 8 heteroatoms. The Morgan fingerprint density at radius 1 is 1.15 bits per heavy atom. The van der Waals surface area contributed by atoms with E-state index < -0.39 is 0 Å². The van der Waals surface area contributed by atoms with Gasteiger partial charge >= 0.3 is 0 Å². The highest BCUT2D eigenvalue weighted by molar-refractivity contribution is 5.98. The van der Waals surface area contributed by atoms with E-state index in [4.69, 9.17) is 9.47 Å². The van der Waals surface area contributed by atoms with Crippen LogP contribution in [0.3, 0.4) is 0 Å². The molecule has 0 atom stereocenters. The molecule has 0 spiro atoms. The van der Waals surface area contributed by atoms with Crippen LogP contribution in [0.1, 0.15) is 25.7 Å². The van der Waals surface area contributed by atoms with Crippen molar-refractivity contribution in [2.45, 2.75) is 43.9 Å². The summed E-state index contributed by atoms with van der Waals surface area (Å²) in [6, 6.07) is 0.640. The van der Waals surface area contributed by atoms with Gasteiger partial charge in [-0.3, -0.25) is 14.5 Å². The molecule has 0 aromatic heterocycles. The van der Waals surface area contributed by atoms with Crippen LogP contribution in [0.15, 0.2) is 36.3 Å². The average molecular weight is 377 g/mol. The second kappa shape index (κ2) is 9.57. The van der Waals surface area contributed by atoms with Gasteiger partial charge < -0.3 is 25.2 Å². The smallest absolute Gasteiger partial charge is 0.251 e. The summed E-state index contributed by atoms with van der Waals surface area (Å²) < 4.78 is 10.0. The van der Waals surface area contributed by atoms with Crippen molar-refractivity contribution in [1.29, 1.82) is 0 Å². The fraction of sp³-hybridized carbons (Fsp3) is 0.579. The molecule has 0 radical (unpaired) electrons. The number of rotatable bonds is 5. The van der Waals surface area contributed by atoms with Crippen molar-refractivity contribution in [3.63, 3.8) is 0 Å². The number of allylic oxidation sites excluding steroid dienone is 2. The Bertz CT molecular complexity index is 617. The molecule has 148 valence electrons. The molecule has 2 amide bonds. The number of aliphatic hydroxyl groups excluding tert-OH is 1. The second-order valence-electron chi connectivity index (χ2n) is 7.07. The third-order valence-electron chi connectivity index (χ3n) is 5.06. The largest absolute Gasteiger partial charge is 0.465 e. The first-order valence-corrected chi connectivity index (χ1v) is 9.38. The summed E-state index contributed by atoms with van der Waals surface area (Å²) in [6.45, 7) is 1.67. The zero-order valence-electron chi connectivity index (χ0n) is 15.3. The summed E-state index contributed by atoms with van der Waals surface area (Å²) >= 11 is 0. The van der Waals surface area contributed by atoms with Gasteiger partial charge in [0, 0.05) is 24.7 Å². The van der Waals surface area contributed by atoms with E-state index in [0.29, 0.717) is 11.6 Å². The number of hydrogen-bond acceptors (Lipinski definition) is 6. The predicted octanol–water partition coefficient (Wildman–Crippen LogP) is 0.165. The predicted molar refractivity (Wildman–Crippen MR) is 98.2 cm³/mol. The first kappa shape index (κ1) is 19.4. The molecule has 1 saturated carbocycles. The van der Waals surface area contributed by atoms with Crippen LogP contribution in [-0.2, 0) is 19.1 Å². The molecular formula is C19H27N3O5. The number of aliphatic hydroxyl groups is 1. The molecule has 2 heterocycles. The molecule has 0 bridgehead atoms. The van der Waals surface area contributed by atoms with Crippen molar-refractivity contribution >= 4 is 11.8 Å². The number of nitrogens with zero attached hydrogens (tertiary/aromatic N) is 1. The molecule has 1 aliphatic carbocycles. The van der Waals surface area contributed by atoms with Crippen molar-refractivity contribution in [1.82, 2.24) is 15.5 Å². The average Bonchev–Trinajstić information content (AvgIpc) is 2.77. The summed E-state index contributed by atoms with van der Waals surface area (Å²) in [6.07, 6.45) is 11.1. The minimum atomic E-state index is -0.354. The van der Waals surface area contributed by atoms with Crippen molar-refractivity contribution < 1.29 is 24.2 Å². The Kier molecular flexibility index (Phi) is 6.89. The van der Waals surface area contributed by atoms with Crippen LogP contribution in [0.2, 0.25) is 0 Å². The van der Waals surface area contributed by atoms with Crippen molar-refractivity contribution in [3.8, 4) is 0 Å². The van der Waals surface area contributed by atoms with E-state index in [1.165, 1.54) is 18.6 Å². The van der Waals surface area contributed by atoms with Crippen molar-refractivity contribution in [2.24, 2.45) is 0 Å². The van der Waals surface area contributed by atoms with Gasteiger partial charge in [0.25, 0.3) is 5.91 Å². The first-order chi connectivity index (χ1) is 13.1. The number of ether oxygens (including phenoxy) is 2. The summed E-state index contributed by atoms with van der Waals surface area (Å²) in [7, 11) is 0. The minimum Gasteiger partial charge on any atom is -0.465 e. The van der Waals surface area contributed by atoms with E-state index in [1.807, 2.05) is 0 Å². The van der Waals surface area contributed by atoms with E-state index in [9.17, 15) is 14.7 Å². The van der Waals surface area contributed by atoms with Gasteiger partial charge in [-0.25, -0.2) is 0 Å². The Balaban J connectivity index is 1.35. The van der Waals surface area contributed by atoms with Gasteiger partial charge in [0.15, 0.2) is 0 Å². The third-order valence-corrected chi connectivity index (χ3v) is 5.06. The molecule has 2 aliphatic heterocycles. The zero-order valence-corrected chi connectivity index (χ0v) is 15.3. The molecule has 1 saturated heterocycles. The lowest BCUT2D eigenvalue weighted by atomic mass is 9.89. The lowest BCUT2D eigenvalue weighted by molar-refractivity contribution is -0.125. The highest BCUT2D eigenvalue weighted by Crippen LogP contribution is 2.26. The third kappa shape index (κ3) is 5.83. The Hall–Kier alpha value is -2.32. The molecule has 27 heavy (non-hydrogen) atoms. The fourth-order valence-electron chi connectivity index (χ4n) is 3.51. The van der Waals surface area contributed by atoms with E-state index in [0.717, 1.165) is 38.8 Å². The van der Waals surface area contributed by atoms with Crippen molar-refractivity contribution in [3.05, 3.63) is 36.3 Å². The minimum absolute atomic E-state index is 0.0722. The van der Waals surface area contributed by atoms with Gasteiger partial charge in [-0.1, -0.05) is 0 Å². The summed E-state index contributed by atoms with van der Waals surface area (Å²) in [5, 5.41) is 15.1. The maximum atomic E-state index is 12.2. The number of carbonyl (C=O) groups excluding carboxylic acids is 2. The molecule has 3 rings (SSSR count). The van der Waals surface area contributed by atoms with E-state index in [1.54, 1.807) is 12.2 Å². The number of hydrogen-bond donors (Lipinski definition) is 3. The molecule has 2 fully saturated rings. The fourth-order valence-corrected chi connectivity index (χ4v) is 3.51. The van der Waals surface area contributed by atoms with Gasteiger partial charge in [0.2, 0.25) is 12.7 Å². The number of carbonyl (C=O) groups is 2. The molecule has 0 aromatic rings. The van der Waals surface area contributed by atoms with E-state index in [-0.39, 0.29) is 37.3 Å². The summed E-state index contributed by atoms with van der Waals surface area (Å²) in [5.74, 6) is -0.553. The van der Waals surface area contributed by atoms with Crippen LogP contribution in [0.25, 0.3) is 0 Å². The SMILES string of the molecule is O=C(CNC(=O)C1=C/C=C/OCO\C=C\1)NC1CN(C2CCC(O)CC2)C1. The molecule has 0 unspecified atom stereocenters. The Morgan fingerprint density at radius 2 is 1.89 bits per heavy atom. The molecule has 0 aromatic carbocycles. The molecule has 8 nitrogen and oxygen atoms in total. The van der Waals surface area contributed by atoms with Crippen LogP contribution in [0.5, 0.6) is 0 Å². The van der Waals surface area contributed by atoms with Gasteiger partial charge in [0.1, 0.15) is 0 Å². The first-order valence-electron chi connectivity index (χ1n) is 9.38. The van der Waals surface area contributed by atoms with Gasteiger partial charge in [-0.05, 0) is 43.9 Å². The number of nitrogens with one attached hydrogen (secondary N) is 2. The van der Waals surface area contributed by atoms with Crippen LogP contribution < -0.4 is 10.6 Å². The highest BCUT2D eigenvalue weighted by Gasteiger charge is 2.34. The quantitative estimate of drug-likeness (QED) is 0.631. The standard InChI is InChI=1S/C19H27N3O5/c23-17-5-3-16(4-6-17)22-11-15(12-22)21-18(24)10-20-19(25)14-2-1-8-26-13-27-9-7-14/h1-2,7-9,15-17,23H,3-6,10-13H2,(H,20,25)(H,21,24)/b8-1+,9-7+,14-2+. The maximum absolute atomic E-state index is 12.2. The Labute approximate surface area is 158 Å². The monoisotopic (exact) mass is 377 g/mol. The maximum Gasteiger partial charge on any atom is 0.251 e. The van der Waals surface area contributed by atoms with Crippen LogP contribution in [0.4, 0.5) is 0 Å². The highest BCUT2D eigenvalue weighted by atomic mass is 16.7. The van der Waals surface area contributed by atoms with Crippen LogP contribution >= 0.6 is 0 Å². The van der Waals surface area contributed by atoms with Crippen LogP contribution in [-0.4, -0.2) is 66.4 Å². The number of likely N-dealkylation sites (tertiary alicyclic amines) is 1. The van der Waals surface area contributed by atoms with Crippen molar-refractivity contribution in [2.75, 3.05) is 26.4 Å². The van der Waals surface area contributed by atoms with Crippen LogP contribution in [0, 0.1) is 0 Å².